The van der Waals surface area contributed by atoms with Crippen LogP contribution in [0.15, 0.2) is 51.7 Å². The molecule has 1 amide bonds. The highest BCUT2D eigenvalue weighted by Crippen LogP contribution is 2.17. The molecule has 0 atom stereocenters. The smallest absolute Gasteiger partial charge is 0.408 e. The van der Waals surface area contributed by atoms with E-state index in [9.17, 15) is 14.0 Å². The van der Waals surface area contributed by atoms with E-state index in [-0.39, 0.29) is 18.9 Å². The maximum absolute atomic E-state index is 13.2. The summed E-state index contributed by atoms with van der Waals surface area (Å²) >= 11 is 0. The van der Waals surface area contributed by atoms with Crippen LogP contribution in [0.5, 0.6) is 0 Å². The molecule has 0 aliphatic heterocycles. The number of carbonyl (C=O) groups is 1. The van der Waals surface area contributed by atoms with Crippen molar-refractivity contribution in [2.75, 3.05) is 5.32 Å². The summed E-state index contributed by atoms with van der Waals surface area (Å²) in [6.07, 6.45) is 0.0827. The molecule has 23 heavy (non-hydrogen) atoms. The standard InChI is InChI=1S/C17H15FN2O3/c1-11-6-7-12(18)10-13(11)19-16(21)8-9-20-14-4-2-3-5-15(14)23-17(20)22/h2-7,10H,8-9H2,1H3,(H,19,21). The summed E-state index contributed by atoms with van der Waals surface area (Å²) in [6.45, 7) is 1.97. The number of oxazole rings is 1. The van der Waals surface area contributed by atoms with Crippen LogP contribution in [0, 0.1) is 12.7 Å². The van der Waals surface area contributed by atoms with Crippen molar-refractivity contribution < 1.29 is 13.6 Å². The van der Waals surface area contributed by atoms with Crippen LogP contribution in [0.2, 0.25) is 0 Å². The second-order valence-corrected chi connectivity index (χ2v) is 5.24. The van der Waals surface area contributed by atoms with Gasteiger partial charge in [0.2, 0.25) is 5.91 Å². The third kappa shape index (κ3) is 3.15. The average Bonchev–Trinajstić information content (AvgIpc) is 2.84. The summed E-state index contributed by atoms with van der Waals surface area (Å²) in [5.74, 6) is -1.21. The number of aryl methyl sites for hydroxylation is 2. The van der Waals surface area contributed by atoms with E-state index in [4.69, 9.17) is 4.42 Å². The number of aromatic nitrogens is 1. The minimum atomic E-state index is -0.499. The largest absolute Gasteiger partial charge is 0.419 e. The van der Waals surface area contributed by atoms with Crippen LogP contribution in [-0.2, 0) is 11.3 Å². The molecule has 0 spiro atoms. The highest BCUT2D eigenvalue weighted by Gasteiger charge is 2.11. The van der Waals surface area contributed by atoms with Crippen LogP contribution in [0.25, 0.3) is 11.1 Å². The lowest BCUT2D eigenvalue weighted by Crippen LogP contribution is -2.20. The summed E-state index contributed by atoms with van der Waals surface area (Å²) in [5, 5.41) is 2.66. The summed E-state index contributed by atoms with van der Waals surface area (Å²) < 4.78 is 19.7. The zero-order valence-electron chi connectivity index (χ0n) is 12.5. The van der Waals surface area contributed by atoms with Gasteiger partial charge in [-0.2, -0.15) is 0 Å². The Morgan fingerprint density at radius 1 is 1.26 bits per heavy atom. The van der Waals surface area contributed by atoms with Crippen molar-refractivity contribution in [1.82, 2.24) is 4.57 Å². The fraction of sp³-hybridized carbons (Fsp3) is 0.176. The Kier molecular flexibility index (Phi) is 3.97. The quantitative estimate of drug-likeness (QED) is 0.805. The van der Waals surface area contributed by atoms with Gasteiger partial charge in [-0.05, 0) is 36.8 Å². The van der Waals surface area contributed by atoms with E-state index in [1.165, 1.54) is 16.7 Å². The molecule has 0 radical (unpaired) electrons. The molecular weight excluding hydrogens is 299 g/mol. The fourth-order valence-corrected chi connectivity index (χ4v) is 2.38. The molecule has 0 saturated heterocycles. The van der Waals surface area contributed by atoms with Gasteiger partial charge in [0.1, 0.15) is 5.82 Å². The Balaban J connectivity index is 1.72. The van der Waals surface area contributed by atoms with E-state index < -0.39 is 11.6 Å². The molecule has 0 aliphatic rings. The molecule has 3 aromatic rings. The highest BCUT2D eigenvalue weighted by atomic mass is 19.1. The van der Waals surface area contributed by atoms with Gasteiger partial charge in [-0.3, -0.25) is 9.36 Å². The van der Waals surface area contributed by atoms with Crippen molar-refractivity contribution in [3.05, 3.63) is 64.4 Å². The number of amides is 1. The Morgan fingerprint density at radius 2 is 2.04 bits per heavy atom. The second kappa shape index (κ2) is 6.08. The second-order valence-electron chi connectivity index (χ2n) is 5.24. The average molecular weight is 314 g/mol. The molecule has 1 aromatic heterocycles. The fourth-order valence-electron chi connectivity index (χ4n) is 2.38. The molecule has 3 rings (SSSR count). The number of carbonyl (C=O) groups excluding carboxylic acids is 1. The molecule has 1 N–H and O–H groups in total. The predicted molar refractivity (Wildman–Crippen MR) is 84.9 cm³/mol. The van der Waals surface area contributed by atoms with Crippen molar-refractivity contribution in [2.45, 2.75) is 19.9 Å². The van der Waals surface area contributed by atoms with E-state index >= 15 is 0 Å². The number of halogens is 1. The zero-order chi connectivity index (χ0) is 16.4. The van der Waals surface area contributed by atoms with Gasteiger partial charge >= 0.3 is 5.76 Å². The summed E-state index contributed by atoms with van der Waals surface area (Å²) in [7, 11) is 0. The Morgan fingerprint density at radius 3 is 2.87 bits per heavy atom. The summed E-state index contributed by atoms with van der Waals surface area (Å²) in [6, 6.07) is 11.2. The van der Waals surface area contributed by atoms with Gasteiger partial charge < -0.3 is 9.73 Å². The number of fused-ring (bicyclic) bond motifs is 1. The first-order chi connectivity index (χ1) is 11.0. The molecule has 1 heterocycles. The number of benzene rings is 2. The van der Waals surface area contributed by atoms with Gasteiger partial charge in [-0.25, -0.2) is 9.18 Å². The minimum Gasteiger partial charge on any atom is -0.408 e. The summed E-state index contributed by atoms with van der Waals surface area (Å²) in [4.78, 5) is 23.9. The number of para-hydroxylation sites is 2. The number of nitrogens with one attached hydrogen (secondary N) is 1. The van der Waals surface area contributed by atoms with Crippen molar-refractivity contribution in [2.24, 2.45) is 0 Å². The lowest BCUT2D eigenvalue weighted by atomic mass is 10.2. The van der Waals surface area contributed by atoms with Gasteiger partial charge in [-0.15, -0.1) is 0 Å². The molecule has 0 saturated carbocycles. The van der Waals surface area contributed by atoms with Crippen LogP contribution in [-0.4, -0.2) is 10.5 Å². The molecule has 5 nitrogen and oxygen atoms in total. The van der Waals surface area contributed by atoms with Crippen LogP contribution in [0.1, 0.15) is 12.0 Å². The van der Waals surface area contributed by atoms with E-state index in [2.05, 4.69) is 5.32 Å². The molecule has 0 bridgehead atoms. The molecular formula is C17H15FN2O3. The highest BCUT2D eigenvalue weighted by molar-refractivity contribution is 5.91. The van der Waals surface area contributed by atoms with Gasteiger partial charge in [0.05, 0.1) is 5.52 Å². The number of rotatable bonds is 4. The van der Waals surface area contributed by atoms with Crippen molar-refractivity contribution in [1.29, 1.82) is 0 Å². The lowest BCUT2D eigenvalue weighted by Gasteiger charge is -2.08. The number of hydrogen-bond acceptors (Lipinski definition) is 3. The first-order valence-electron chi connectivity index (χ1n) is 7.19. The Labute approximate surface area is 131 Å². The monoisotopic (exact) mass is 314 g/mol. The van der Waals surface area contributed by atoms with Crippen molar-refractivity contribution >= 4 is 22.7 Å². The number of nitrogens with zero attached hydrogens (tertiary/aromatic N) is 1. The van der Waals surface area contributed by atoms with Gasteiger partial charge in [0.25, 0.3) is 0 Å². The van der Waals surface area contributed by atoms with E-state index in [1.807, 2.05) is 0 Å². The first-order valence-corrected chi connectivity index (χ1v) is 7.19. The zero-order valence-corrected chi connectivity index (χ0v) is 12.5. The third-order valence-electron chi connectivity index (χ3n) is 3.61. The molecule has 6 heteroatoms. The van der Waals surface area contributed by atoms with E-state index in [0.717, 1.165) is 5.56 Å². The predicted octanol–water partition coefficient (Wildman–Crippen LogP) is 3.07. The summed E-state index contributed by atoms with van der Waals surface area (Å²) in [5.41, 5.74) is 2.33. The van der Waals surface area contributed by atoms with Crippen LogP contribution in [0.3, 0.4) is 0 Å². The number of hydrogen-bond donors (Lipinski definition) is 1. The van der Waals surface area contributed by atoms with Crippen molar-refractivity contribution in [3.63, 3.8) is 0 Å². The Bertz CT molecular complexity index is 927. The van der Waals surface area contributed by atoms with E-state index in [0.29, 0.717) is 16.8 Å². The van der Waals surface area contributed by atoms with Crippen LogP contribution < -0.4 is 11.1 Å². The maximum atomic E-state index is 13.2. The topological polar surface area (TPSA) is 64.2 Å². The minimum absolute atomic E-state index is 0.0827. The SMILES string of the molecule is Cc1ccc(F)cc1NC(=O)CCn1c(=O)oc2ccccc21. The Hall–Kier alpha value is -2.89. The molecule has 118 valence electrons. The van der Waals surface area contributed by atoms with Gasteiger partial charge in [0.15, 0.2) is 5.58 Å². The van der Waals surface area contributed by atoms with Gasteiger partial charge in [0, 0.05) is 18.7 Å². The van der Waals surface area contributed by atoms with Gasteiger partial charge in [-0.1, -0.05) is 18.2 Å². The van der Waals surface area contributed by atoms with E-state index in [1.54, 1.807) is 37.3 Å². The molecule has 0 aliphatic carbocycles. The van der Waals surface area contributed by atoms with Crippen LogP contribution in [0.4, 0.5) is 10.1 Å². The maximum Gasteiger partial charge on any atom is 0.419 e. The normalized spacial score (nSPS) is 10.9. The molecule has 2 aromatic carbocycles. The molecule has 0 fully saturated rings. The van der Waals surface area contributed by atoms with Crippen molar-refractivity contribution in [3.8, 4) is 0 Å². The van der Waals surface area contributed by atoms with Crippen LogP contribution >= 0.6 is 0 Å². The molecule has 0 unspecified atom stereocenters. The number of anilines is 1. The third-order valence-corrected chi connectivity index (χ3v) is 3.61. The first kappa shape index (κ1) is 15.0. The lowest BCUT2D eigenvalue weighted by molar-refractivity contribution is -0.116.